The van der Waals surface area contributed by atoms with Gasteiger partial charge in [0.2, 0.25) is 0 Å². The second-order valence-electron chi connectivity index (χ2n) is 5.22. The lowest BCUT2D eigenvalue weighted by Gasteiger charge is -2.29. The fraction of sp³-hybridized carbons (Fsp3) is 0.500. The molecule has 0 aromatic carbocycles. The first kappa shape index (κ1) is 16.0. The number of carboxylic acids is 1. The molecule has 1 fully saturated rings. The van der Waals surface area contributed by atoms with E-state index in [1.54, 1.807) is 6.92 Å². The van der Waals surface area contributed by atoms with Gasteiger partial charge in [0.25, 0.3) is 5.72 Å². The van der Waals surface area contributed by atoms with Crippen LogP contribution in [0.25, 0.3) is 11.2 Å². The fourth-order valence-corrected chi connectivity index (χ4v) is 3.00. The van der Waals surface area contributed by atoms with Crippen LogP contribution < -0.4 is 0 Å². The van der Waals surface area contributed by atoms with Crippen LogP contribution in [0.15, 0.2) is 6.33 Å². The predicted octanol–water partition coefficient (Wildman–Crippen LogP) is -1.35. The molecule has 3 heterocycles. The van der Waals surface area contributed by atoms with Crippen molar-refractivity contribution in [2.45, 2.75) is 31.0 Å². The number of imidazole rings is 1. The van der Waals surface area contributed by atoms with Gasteiger partial charge in [-0.25, -0.2) is 14.8 Å². The SMILES string of the molecule is Cc1nc(=S)c2ncn([C@]3(C(=O)O)O[C@H](CO)[C@@H](O)[C@H]3O)c2[nH]1. The number of aliphatic carboxylic acids is 1. The van der Waals surface area contributed by atoms with E-state index in [-0.39, 0.29) is 15.8 Å². The molecule has 23 heavy (non-hydrogen) atoms. The molecule has 5 N–H and O–H groups in total. The van der Waals surface area contributed by atoms with Gasteiger partial charge in [-0.2, -0.15) is 0 Å². The van der Waals surface area contributed by atoms with Crippen molar-refractivity contribution in [1.82, 2.24) is 19.5 Å². The zero-order valence-electron chi connectivity index (χ0n) is 11.9. The number of aromatic nitrogens is 4. The standard InChI is InChI=1S/C12H14N4O6S/c1-4-14-9-6(10(23)15-4)13-3-16(9)12(11(20)21)8(19)7(18)5(2-17)22-12/h3,5,7-8,17-19H,2H2,1H3,(H,20,21)(H,14,15,23)/t5-,7-,8-,12+/m1/s1. The van der Waals surface area contributed by atoms with Crippen molar-refractivity contribution in [3.63, 3.8) is 0 Å². The van der Waals surface area contributed by atoms with E-state index in [9.17, 15) is 25.2 Å². The second-order valence-corrected chi connectivity index (χ2v) is 5.60. The summed E-state index contributed by atoms with van der Waals surface area (Å²) in [6.45, 7) is 0.966. The fourth-order valence-electron chi connectivity index (χ4n) is 2.71. The van der Waals surface area contributed by atoms with Crippen LogP contribution in [-0.2, 0) is 15.3 Å². The molecule has 124 valence electrons. The number of fused-ring (bicyclic) bond motifs is 1. The van der Waals surface area contributed by atoms with Crippen LogP contribution in [0.1, 0.15) is 5.82 Å². The van der Waals surface area contributed by atoms with Gasteiger partial charge in [0.15, 0.2) is 4.64 Å². The summed E-state index contributed by atoms with van der Waals surface area (Å²) < 4.78 is 6.51. The number of aryl methyl sites for hydroxylation is 1. The van der Waals surface area contributed by atoms with Gasteiger partial charge in [0.05, 0.1) is 6.61 Å². The third-order valence-electron chi connectivity index (χ3n) is 3.82. The molecule has 0 radical (unpaired) electrons. The van der Waals surface area contributed by atoms with E-state index in [1.807, 2.05) is 0 Å². The number of aliphatic hydroxyl groups is 3. The molecule has 0 bridgehead atoms. The van der Waals surface area contributed by atoms with Crippen molar-refractivity contribution in [1.29, 1.82) is 0 Å². The highest BCUT2D eigenvalue weighted by molar-refractivity contribution is 7.71. The van der Waals surface area contributed by atoms with Crippen LogP contribution in [0.5, 0.6) is 0 Å². The minimum atomic E-state index is -2.35. The number of nitrogens with zero attached hydrogens (tertiary/aromatic N) is 3. The van der Waals surface area contributed by atoms with Gasteiger partial charge in [0.1, 0.15) is 41.6 Å². The smallest absolute Gasteiger partial charge is 0.361 e. The molecule has 1 aliphatic rings. The molecule has 1 aliphatic heterocycles. The summed E-state index contributed by atoms with van der Waals surface area (Å²) in [6.07, 6.45) is -3.55. The van der Waals surface area contributed by atoms with Crippen molar-refractivity contribution in [3.8, 4) is 0 Å². The lowest BCUT2D eigenvalue weighted by atomic mass is 10.0. The molecule has 2 aromatic rings. The number of carbonyl (C=O) groups is 1. The monoisotopic (exact) mass is 342 g/mol. The van der Waals surface area contributed by atoms with Gasteiger partial charge in [-0.1, -0.05) is 12.2 Å². The first-order valence-electron chi connectivity index (χ1n) is 6.65. The Kier molecular flexibility index (Phi) is 3.69. The van der Waals surface area contributed by atoms with Gasteiger partial charge < -0.3 is 30.1 Å². The van der Waals surface area contributed by atoms with Crippen molar-refractivity contribution < 1.29 is 30.0 Å². The molecule has 0 spiro atoms. The normalized spacial score (nSPS) is 30.9. The number of hydrogen-bond donors (Lipinski definition) is 5. The third-order valence-corrected chi connectivity index (χ3v) is 4.10. The van der Waals surface area contributed by atoms with Gasteiger partial charge in [-0.05, 0) is 6.92 Å². The number of hydrogen-bond acceptors (Lipinski definition) is 8. The van der Waals surface area contributed by atoms with Gasteiger partial charge >= 0.3 is 5.97 Å². The lowest BCUT2D eigenvalue weighted by molar-refractivity contribution is -0.194. The summed E-state index contributed by atoms with van der Waals surface area (Å²) in [6, 6.07) is 0. The van der Waals surface area contributed by atoms with E-state index in [0.29, 0.717) is 5.82 Å². The summed E-state index contributed by atoms with van der Waals surface area (Å²) in [7, 11) is 0. The van der Waals surface area contributed by atoms with E-state index in [1.165, 1.54) is 0 Å². The van der Waals surface area contributed by atoms with Crippen LogP contribution in [0.4, 0.5) is 0 Å². The molecular formula is C12H14N4O6S. The van der Waals surface area contributed by atoms with Crippen LogP contribution in [0, 0.1) is 11.6 Å². The lowest BCUT2D eigenvalue weighted by Crippen LogP contribution is -2.51. The number of carboxylic acid groups (broad SMARTS) is 1. The average molecular weight is 342 g/mol. The average Bonchev–Trinajstić information content (AvgIpc) is 3.01. The number of aliphatic hydroxyl groups excluding tert-OH is 3. The number of rotatable bonds is 3. The molecule has 2 aromatic heterocycles. The zero-order valence-corrected chi connectivity index (χ0v) is 12.7. The molecule has 10 nitrogen and oxygen atoms in total. The van der Waals surface area contributed by atoms with Crippen LogP contribution in [0.3, 0.4) is 0 Å². The Labute approximate surface area is 134 Å². The van der Waals surface area contributed by atoms with Crippen LogP contribution in [0.2, 0.25) is 0 Å². The van der Waals surface area contributed by atoms with E-state index in [0.717, 1.165) is 10.9 Å². The minimum Gasteiger partial charge on any atom is -0.478 e. The number of aromatic amines is 1. The number of nitrogens with one attached hydrogen (secondary N) is 1. The Hall–Kier alpha value is -1.92. The van der Waals surface area contributed by atoms with Crippen LogP contribution >= 0.6 is 12.2 Å². The number of ether oxygens (including phenoxy) is 1. The third kappa shape index (κ3) is 2.09. The zero-order chi connectivity index (χ0) is 16.9. The summed E-state index contributed by atoms with van der Waals surface area (Å²) in [4.78, 5) is 22.7. The highest BCUT2D eigenvalue weighted by Gasteiger charge is 2.61. The highest BCUT2D eigenvalue weighted by atomic mass is 32.1. The molecule has 11 heteroatoms. The molecule has 0 amide bonds. The Morgan fingerprint density at radius 2 is 2.26 bits per heavy atom. The summed E-state index contributed by atoms with van der Waals surface area (Å²) >= 11 is 5.08. The highest BCUT2D eigenvalue weighted by Crippen LogP contribution is 2.37. The van der Waals surface area contributed by atoms with E-state index >= 15 is 0 Å². The second kappa shape index (κ2) is 5.32. The molecule has 4 atom stereocenters. The maximum Gasteiger partial charge on any atom is 0.361 e. The van der Waals surface area contributed by atoms with Gasteiger partial charge in [-0.15, -0.1) is 0 Å². The van der Waals surface area contributed by atoms with E-state index < -0.39 is 36.6 Å². The molecule has 0 unspecified atom stereocenters. The largest absolute Gasteiger partial charge is 0.478 e. The summed E-state index contributed by atoms with van der Waals surface area (Å²) in [5.74, 6) is -1.13. The van der Waals surface area contributed by atoms with Crippen LogP contribution in [-0.4, -0.2) is 70.8 Å². The summed E-state index contributed by atoms with van der Waals surface area (Å²) in [5, 5.41) is 39.1. The maximum absolute atomic E-state index is 11.9. The van der Waals surface area contributed by atoms with Crippen molar-refractivity contribution >= 4 is 29.4 Å². The Balaban J connectivity index is 2.29. The summed E-state index contributed by atoms with van der Waals surface area (Å²) in [5.41, 5.74) is -1.95. The molecule has 1 saturated heterocycles. The van der Waals surface area contributed by atoms with Crippen molar-refractivity contribution in [2.75, 3.05) is 6.61 Å². The number of H-pyrrole nitrogens is 1. The Morgan fingerprint density at radius 3 is 2.83 bits per heavy atom. The predicted molar refractivity (Wildman–Crippen MR) is 77.0 cm³/mol. The van der Waals surface area contributed by atoms with Crippen molar-refractivity contribution in [3.05, 3.63) is 16.8 Å². The van der Waals surface area contributed by atoms with Crippen molar-refractivity contribution in [2.24, 2.45) is 0 Å². The van der Waals surface area contributed by atoms with Gasteiger partial charge in [0, 0.05) is 0 Å². The first-order valence-corrected chi connectivity index (χ1v) is 7.06. The molecule has 3 rings (SSSR count). The molecular weight excluding hydrogens is 328 g/mol. The Morgan fingerprint density at radius 1 is 1.57 bits per heavy atom. The van der Waals surface area contributed by atoms with E-state index in [2.05, 4.69) is 15.0 Å². The van der Waals surface area contributed by atoms with Gasteiger partial charge in [-0.3, -0.25) is 4.57 Å². The first-order chi connectivity index (χ1) is 10.8. The minimum absolute atomic E-state index is 0.155. The quantitative estimate of drug-likeness (QED) is 0.426. The topological polar surface area (TPSA) is 154 Å². The maximum atomic E-state index is 11.9. The van der Waals surface area contributed by atoms with E-state index in [4.69, 9.17) is 17.0 Å². The Bertz CT molecular complexity index is 835. The molecule has 0 aliphatic carbocycles. The molecule has 0 saturated carbocycles.